The third-order valence-corrected chi connectivity index (χ3v) is 5.44. The van der Waals surface area contributed by atoms with E-state index in [1.165, 1.54) is 12.0 Å². The molecular formula is C28H42N2O2. The zero-order valence-corrected chi connectivity index (χ0v) is 20.0. The van der Waals surface area contributed by atoms with Crippen molar-refractivity contribution in [1.29, 1.82) is 0 Å². The normalized spacial score (nSPS) is 19.7. The van der Waals surface area contributed by atoms with Crippen molar-refractivity contribution in [2.45, 2.75) is 64.5 Å². The molecule has 0 saturated heterocycles. The largest absolute Gasteiger partial charge is 0.485 e. The van der Waals surface area contributed by atoms with Crippen LogP contribution in [0.25, 0.3) is 0 Å². The maximum atomic E-state index is 6.50. The Kier molecular flexibility index (Phi) is 13.5. The molecule has 4 nitrogen and oxygen atoms in total. The van der Waals surface area contributed by atoms with Crippen LogP contribution < -0.4 is 11.1 Å². The fourth-order valence-corrected chi connectivity index (χ4v) is 3.66. The van der Waals surface area contributed by atoms with Gasteiger partial charge in [-0.15, -0.1) is 0 Å². The lowest BCUT2D eigenvalue weighted by molar-refractivity contribution is 0.155. The maximum absolute atomic E-state index is 6.50. The van der Waals surface area contributed by atoms with Crippen molar-refractivity contribution in [3.63, 3.8) is 0 Å². The van der Waals surface area contributed by atoms with Crippen LogP contribution in [0.2, 0.25) is 0 Å². The number of hydrogen-bond donors (Lipinski definition) is 2. The molecule has 176 valence electrons. The van der Waals surface area contributed by atoms with Gasteiger partial charge in [-0.3, -0.25) is 0 Å². The SMILES string of the molecule is CC/C=C\C=C/CCOCC1=CC(CN)=C(OC2C=CC=CC=C2)C(NCCCC)CC1. The van der Waals surface area contributed by atoms with Crippen molar-refractivity contribution in [3.05, 3.63) is 83.7 Å². The molecule has 0 fully saturated rings. The van der Waals surface area contributed by atoms with E-state index < -0.39 is 0 Å². The Hall–Kier alpha value is -2.14. The molecule has 2 aliphatic carbocycles. The van der Waals surface area contributed by atoms with Crippen LogP contribution in [-0.2, 0) is 9.47 Å². The summed E-state index contributed by atoms with van der Waals surface area (Å²) in [6.45, 7) is 7.16. The van der Waals surface area contributed by atoms with Crippen molar-refractivity contribution in [2.24, 2.45) is 5.73 Å². The fourth-order valence-electron chi connectivity index (χ4n) is 3.66. The lowest BCUT2D eigenvalue weighted by Crippen LogP contribution is -2.34. The third-order valence-electron chi connectivity index (χ3n) is 5.44. The molecule has 0 aromatic heterocycles. The summed E-state index contributed by atoms with van der Waals surface area (Å²) in [7, 11) is 0. The van der Waals surface area contributed by atoms with E-state index in [1.807, 2.05) is 24.3 Å². The van der Waals surface area contributed by atoms with Crippen LogP contribution in [0, 0.1) is 0 Å². The van der Waals surface area contributed by atoms with E-state index in [-0.39, 0.29) is 12.1 Å². The number of ether oxygens (including phenoxy) is 2. The van der Waals surface area contributed by atoms with Crippen molar-refractivity contribution in [3.8, 4) is 0 Å². The smallest absolute Gasteiger partial charge is 0.135 e. The topological polar surface area (TPSA) is 56.5 Å². The van der Waals surface area contributed by atoms with Gasteiger partial charge in [0, 0.05) is 12.1 Å². The zero-order chi connectivity index (χ0) is 22.9. The molecule has 0 aliphatic heterocycles. The van der Waals surface area contributed by atoms with Crippen LogP contribution in [0.4, 0.5) is 0 Å². The highest BCUT2D eigenvalue weighted by Gasteiger charge is 2.24. The Morgan fingerprint density at radius 2 is 1.88 bits per heavy atom. The number of allylic oxidation sites excluding steroid dienone is 7. The molecule has 0 aromatic rings. The first-order valence-electron chi connectivity index (χ1n) is 12.2. The second-order valence-electron chi connectivity index (χ2n) is 8.14. The van der Waals surface area contributed by atoms with Gasteiger partial charge in [-0.2, -0.15) is 0 Å². The van der Waals surface area contributed by atoms with Crippen LogP contribution in [0.5, 0.6) is 0 Å². The Labute approximate surface area is 195 Å². The van der Waals surface area contributed by atoms with Gasteiger partial charge in [0.25, 0.3) is 0 Å². The summed E-state index contributed by atoms with van der Waals surface area (Å²) in [4.78, 5) is 0. The maximum Gasteiger partial charge on any atom is 0.135 e. The van der Waals surface area contributed by atoms with Gasteiger partial charge >= 0.3 is 0 Å². The van der Waals surface area contributed by atoms with E-state index in [2.05, 4.69) is 61.7 Å². The summed E-state index contributed by atoms with van der Waals surface area (Å²) in [5, 5.41) is 3.71. The highest BCUT2D eigenvalue weighted by atomic mass is 16.5. The summed E-state index contributed by atoms with van der Waals surface area (Å²) >= 11 is 0. The molecule has 0 spiro atoms. The van der Waals surface area contributed by atoms with Gasteiger partial charge in [-0.05, 0) is 56.4 Å². The Balaban J connectivity index is 2.04. The molecule has 1 atom stereocenters. The number of hydrogen-bond acceptors (Lipinski definition) is 4. The van der Waals surface area contributed by atoms with Crippen LogP contribution in [0.15, 0.2) is 83.7 Å². The molecule has 0 amide bonds. The van der Waals surface area contributed by atoms with E-state index in [0.29, 0.717) is 13.2 Å². The van der Waals surface area contributed by atoms with E-state index in [4.69, 9.17) is 15.2 Å². The van der Waals surface area contributed by atoms with Crippen LogP contribution >= 0.6 is 0 Å². The zero-order valence-electron chi connectivity index (χ0n) is 20.0. The van der Waals surface area contributed by atoms with Crippen LogP contribution in [0.3, 0.4) is 0 Å². The highest BCUT2D eigenvalue weighted by molar-refractivity contribution is 5.34. The molecule has 4 heteroatoms. The number of unbranched alkanes of at least 4 members (excludes halogenated alkanes) is 1. The second-order valence-corrected chi connectivity index (χ2v) is 8.14. The van der Waals surface area contributed by atoms with E-state index >= 15 is 0 Å². The molecule has 2 rings (SSSR count). The predicted molar refractivity (Wildman–Crippen MR) is 136 cm³/mol. The lowest BCUT2D eigenvalue weighted by Gasteiger charge is -2.25. The van der Waals surface area contributed by atoms with Crippen molar-refractivity contribution < 1.29 is 9.47 Å². The molecule has 1 unspecified atom stereocenters. The van der Waals surface area contributed by atoms with Gasteiger partial charge in [-0.25, -0.2) is 0 Å². The van der Waals surface area contributed by atoms with Crippen molar-refractivity contribution in [1.82, 2.24) is 5.32 Å². The first-order valence-corrected chi connectivity index (χ1v) is 12.2. The van der Waals surface area contributed by atoms with Gasteiger partial charge < -0.3 is 20.5 Å². The first kappa shape index (κ1) is 26.1. The monoisotopic (exact) mass is 438 g/mol. The first-order chi connectivity index (χ1) is 15.8. The van der Waals surface area contributed by atoms with Crippen molar-refractivity contribution >= 4 is 0 Å². The number of nitrogens with one attached hydrogen (secondary N) is 1. The minimum Gasteiger partial charge on any atom is -0.485 e. The molecule has 32 heavy (non-hydrogen) atoms. The van der Waals surface area contributed by atoms with Crippen molar-refractivity contribution in [2.75, 3.05) is 26.3 Å². The van der Waals surface area contributed by atoms with Gasteiger partial charge in [0.05, 0.1) is 19.3 Å². The van der Waals surface area contributed by atoms with Crippen LogP contribution in [-0.4, -0.2) is 38.4 Å². The molecular weight excluding hydrogens is 396 g/mol. The molecule has 0 heterocycles. The summed E-state index contributed by atoms with van der Waals surface area (Å²) in [6.07, 6.45) is 29.1. The van der Waals surface area contributed by atoms with Crippen LogP contribution in [0.1, 0.15) is 52.4 Å². The van der Waals surface area contributed by atoms with E-state index in [1.54, 1.807) is 0 Å². The molecule has 0 radical (unpaired) electrons. The van der Waals surface area contributed by atoms with Gasteiger partial charge in [0.15, 0.2) is 0 Å². The van der Waals surface area contributed by atoms with E-state index in [9.17, 15) is 0 Å². The van der Waals surface area contributed by atoms with Gasteiger partial charge in [-0.1, -0.05) is 75.0 Å². The predicted octanol–water partition coefficient (Wildman–Crippen LogP) is 5.67. The second kappa shape index (κ2) is 16.5. The summed E-state index contributed by atoms with van der Waals surface area (Å²) in [6, 6.07) is 0.167. The molecule has 0 aromatic carbocycles. The Bertz CT molecular complexity index is 725. The average molecular weight is 439 g/mol. The fraction of sp³-hybridized carbons (Fsp3) is 0.500. The molecule has 3 N–H and O–H groups in total. The minimum atomic E-state index is -0.0863. The van der Waals surface area contributed by atoms with Gasteiger partial charge in [0.1, 0.15) is 11.9 Å². The standard InChI is InChI=1S/C28H42N2O2/c1-3-5-7-8-11-14-20-31-23-24-17-18-27(30-19-6-4-2)28(25(21-24)22-29)32-26-15-12-9-10-13-16-26/h5,7-13,15-16,21,26-27,30H,3-4,6,14,17-20,22-23,29H2,1-2H3/b7-5-,11-8-. The molecule has 2 aliphatic rings. The molecule has 0 bridgehead atoms. The summed E-state index contributed by atoms with van der Waals surface area (Å²) < 4.78 is 12.5. The third kappa shape index (κ3) is 9.99. The summed E-state index contributed by atoms with van der Waals surface area (Å²) in [5.41, 5.74) is 8.55. The minimum absolute atomic E-state index is 0.0863. The van der Waals surface area contributed by atoms with Gasteiger partial charge in [0.2, 0.25) is 0 Å². The summed E-state index contributed by atoms with van der Waals surface area (Å²) in [5.74, 6) is 0.977. The number of rotatable bonds is 14. The molecule has 0 saturated carbocycles. The Morgan fingerprint density at radius 3 is 2.59 bits per heavy atom. The van der Waals surface area contributed by atoms with E-state index in [0.717, 1.165) is 56.6 Å². The Morgan fingerprint density at radius 1 is 1.09 bits per heavy atom. The number of nitrogens with two attached hydrogens (primary N) is 1. The highest BCUT2D eigenvalue weighted by Crippen LogP contribution is 2.26. The average Bonchev–Trinajstić information content (AvgIpc) is 3.16. The lowest BCUT2D eigenvalue weighted by atomic mass is 10.1. The quantitative estimate of drug-likeness (QED) is 0.271.